The number of hydrogen-bond acceptors (Lipinski definition) is 5. The third-order valence-electron chi connectivity index (χ3n) is 7.78. The molecule has 1 fully saturated rings. The first-order valence-corrected chi connectivity index (χ1v) is 15.2. The normalized spacial score (nSPS) is 21.7. The van der Waals surface area contributed by atoms with Crippen LogP contribution in [0.25, 0.3) is 0 Å². The first kappa shape index (κ1) is 30.0. The lowest BCUT2D eigenvalue weighted by atomic mass is 9.96. The van der Waals surface area contributed by atoms with E-state index < -0.39 is 30.6 Å². The Morgan fingerprint density at radius 2 is 0.864 bits per heavy atom. The summed E-state index contributed by atoms with van der Waals surface area (Å²) in [6.45, 7) is 2.05. The lowest BCUT2D eigenvalue weighted by Gasteiger charge is -2.46. The fourth-order valence-corrected chi connectivity index (χ4v) is 5.52. The molecule has 1 aromatic heterocycles. The van der Waals surface area contributed by atoms with Crippen molar-refractivity contribution in [2.45, 2.75) is 57.1 Å². The van der Waals surface area contributed by atoms with E-state index in [1.165, 1.54) is 0 Å². The molecule has 0 N–H and O–H groups in total. The number of ether oxygens (including phenoxy) is 5. The molecular formula is C38H39NO5. The topological polar surface area (TPSA) is 51.1 Å². The lowest BCUT2D eigenvalue weighted by Crippen LogP contribution is -2.59. The van der Waals surface area contributed by atoms with Crippen molar-refractivity contribution in [3.8, 4) is 0 Å². The van der Waals surface area contributed by atoms with E-state index in [1.54, 1.807) is 0 Å². The Morgan fingerprint density at radius 3 is 1.34 bits per heavy atom. The van der Waals surface area contributed by atoms with Gasteiger partial charge in [-0.25, -0.2) is 0 Å². The zero-order valence-corrected chi connectivity index (χ0v) is 24.8. The molecule has 0 spiro atoms. The molecule has 4 aromatic carbocycles. The van der Waals surface area contributed by atoms with E-state index in [9.17, 15) is 0 Å². The van der Waals surface area contributed by atoms with Gasteiger partial charge < -0.3 is 28.3 Å². The standard InChI is InChI=1S/C38H39NO5/c1-5-15-30(16-6-1)25-40-29-34-35(41-26-31-17-7-2-8-18-31)36(42-27-32-19-9-3-10-20-32)37(38(44-34)39-23-13-14-24-39)43-28-33-21-11-4-12-22-33/h1-24,34-38H,25-29H2/t34-,35-,36+,37-,38-/m1/s1. The monoisotopic (exact) mass is 589 g/mol. The van der Waals surface area contributed by atoms with Gasteiger partial charge in [0.15, 0.2) is 6.23 Å². The van der Waals surface area contributed by atoms with Crippen molar-refractivity contribution in [1.82, 2.24) is 4.57 Å². The molecule has 5 atom stereocenters. The summed E-state index contributed by atoms with van der Waals surface area (Å²) < 4.78 is 35.4. The Balaban J connectivity index is 1.31. The van der Waals surface area contributed by atoms with E-state index in [2.05, 4.69) is 48.5 Å². The molecule has 0 bridgehead atoms. The van der Waals surface area contributed by atoms with Gasteiger partial charge in [-0.05, 0) is 34.4 Å². The van der Waals surface area contributed by atoms with Gasteiger partial charge >= 0.3 is 0 Å². The zero-order chi connectivity index (χ0) is 29.8. The molecule has 0 radical (unpaired) electrons. The smallest absolute Gasteiger partial charge is 0.163 e. The van der Waals surface area contributed by atoms with Crippen LogP contribution in [0, 0.1) is 0 Å². The molecule has 1 aliphatic heterocycles. The minimum absolute atomic E-state index is 0.336. The minimum atomic E-state index is -0.461. The minimum Gasteiger partial charge on any atom is -0.374 e. The maximum Gasteiger partial charge on any atom is 0.163 e. The molecule has 6 nitrogen and oxygen atoms in total. The molecule has 1 saturated heterocycles. The second-order valence-electron chi connectivity index (χ2n) is 11.0. The van der Waals surface area contributed by atoms with Gasteiger partial charge in [0, 0.05) is 12.4 Å². The van der Waals surface area contributed by atoms with Crippen LogP contribution in [0.3, 0.4) is 0 Å². The summed E-state index contributed by atoms with van der Waals surface area (Å²) >= 11 is 0. The van der Waals surface area contributed by atoms with E-state index >= 15 is 0 Å². The van der Waals surface area contributed by atoms with Crippen LogP contribution in [0.2, 0.25) is 0 Å². The third kappa shape index (κ3) is 8.11. The highest BCUT2D eigenvalue weighted by Crippen LogP contribution is 2.36. The fourth-order valence-electron chi connectivity index (χ4n) is 5.52. The molecule has 0 unspecified atom stereocenters. The molecule has 5 aromatic rings. The molecule has 1 aliphatic rings. The van der Waals surface area contributed by atoms with Gasteiger partial charge in [-0.15, -0.1) is 0 Å². The summed E-state index contributed by atoms with van der Waals surface area (Å²) in [6.07, 6.45) is 1.78. The Bertz CT molecular complexity index is 1480. The van der Waals surface area contributed by atoms with E-state index in [4.69, 9.17) is 23.7 Å². The van der Waals surface area contributed by atoms with Crippen molar-refractivity contribution in [3.05, 3.63) is 168 Å². The largest absolute Gasteiger partial charge is 0.374 e. The van der Waals surface area contributed by atoms with Gasteiger partial charge in [-0.2, -0.15) is 0 Å². The van der Waals surface area contributed by atoms with E-state index in [0.29, 0.717) is 33.0 Å². The van der Waals surface area contributed by atoms with Gasteiger partial charge in [0.1, 0.15) is 24.4 Å². The summed E-state index contributed by atoms with van der Waals surface area (Å²) in [5.74, 6) is 0. The number of nitrogens with zero attached hydrogens (tertiary/aromatic N) is 1. The summed E-state index contributed by atoms with van der Waals surface area (Å²) in [5.41, 5.74) is 4.34. The van der Waals surface area contributed by atoms with E-state index in [-0.39, 0.29) is 0 Å². The maximum atomic E-state index is 6.86. The van der Waals surface area contributed by atoms with Crippen LogP contribution in [-0.4, -0.2) is 35.6 Å². The second kappa shape index (κ2) is 15.6. The summed E-state index contributed by atoms with van der Waals surface area (Å²) in [5, 5.41) is 0. The van der Waals surface area contributed by atoms with Crippen molar-refractivity contribution in [2.75, 3.05) is 6.61 Å². The molecule has 6 heteroatoms. The highest BCUT2D eigenvalue weighted by molar-refractivity contribution is 5.16. The van der Waals surface area contributed by atoms with Crippen LogP contribution < -0.4 is 0 Å². The highest BCUT2D eigenvalue weighted by atomic mass is 16.6. The third-order valence-corrected chi connectivity index (χ3v) is 7.78. The summed E-state index contributed by atoms with van der Waals surface area (Å²) in [6, 6.07) is 44.7. The number of aromatic nitrogens is 1. The van der Waals surface area contributed by atoms with Crippen molar-refractivity contribution >= 4 is 0 Å². The number of hydrogen-bond donors (Lipinski definition) is 0. The first-order valence-electron chi connectivity index (χ1n) is 15.2. The van der Waals surface area contributed by atoms with Crippen LogP contribution in [0.1, 0.15) is 28.5 Å². The quantitative estimate of drug-likeness (QED) is 0.136. The Labute approximate surface area is 259 Å². The van der Waals surface area contributed by atoms with Crippen molar-refractivity contribution < 1.29 is 23.7 Å². The molecule has 44 heavy (non-hydrogen) atoms. The van der Waals surface area contributed by atoms with Crippen LogP contribution in [0.4, 0.5) is 0 Å². The van der Waals surface area contributed by atoms with Crippen LogP contribution in [0.5, 0.6) is 0 Å². The Hall–Kier alpha value is -4.04. The van der Waals surface area contributed by atoms with Gasteiger partial charge in [-0.3, -0.25) is 0 Å². The van der Waals surface area contributed by atoms with Crippen molar-refractivity contribution in [1.29, 1.82) is 0 Å². The highest BCUT2D eigenvalue weighted by Gasteiger charge is 2.49. The maximum absolute atomic E-state index is 6.86. The molecule has 0 amide bonds. The zero-order valence-electron chi connectivity index (χ0n) is 24.8. The van der Waals surface area contributed by atoms with Gasteiger partial charge in [0.2, 0.25) is 0 Å². The average Bonchev–Trinajstić information content (AvgIpc) is 3.63. The van der Waals surface area contributed by atoms with Crippen LogP contribution in [-0.2, 0) is 50.1 Å². The Kier molecular flexibility index (Phi) is 10.6. The summed E-state index contributed by atoms with van der Waals surface area (Å²) in [4.78, 5) is 0. The van der Waals surface area contributed by atoms with Gasteiger partial charge in [0.05, 0.1) is 33.0 Å². The lowest BCUT2D eigenvalue weighted by molar-refractivity contribution is -0.290. The van der Waals surface area contributed by atoms with Crippen LogP contribution >= 0.6 is 0 Å². The second-order valence-corrected chi connectivity index (χ2v) is 11.0. The van der Waals surface area contributed by atoms with Crippen molar-refractivity contribution in [3.63, 3.8) is 0 Å². The number of rotatable bonds is 14. The van der Waals surface area contributed by atoms with Crippen molar-refractivity contribution in [2.24, 2.45) is 0 Å². The molecule has 0 saturated carbocycles. The molecule has 226 valence electrons. The average molecular weight is 590 g/mol. The number of benzene rings is 4. The Morgan fingerprint density at radius 1 is 0.455 bits per heavy atom. The van der Waals surface area contributed by atoms with Gasteiger partial charge in [-0.1, -0.05) is 121 Å². The molecular weight excluding hydrogens is 550 g/mol. The van der Waals surface area contributed by atoms with E-state index in [1.807, 2.05) is 102 Å². The predicted molar refractivity (Wildman–Crippen MR) is 169 cm³/mol. The van der Waals surface area contributed by atoms with Crippen LogP contribution in [0.15, 0.2) is 146 Å². The van der Waals surface area contributed by atoms with E-state index in [0.717, 1.165) is 22.3 Å². The predicted octanol–water partition coefficient (Wildman–Crippen LogP) is 7.36. The SMILES string of the molecule is c1ccc(COC[C@H]2O[C@@H](n3cccc3)[C@H](OCc3ccccc3)[C@@H](OCc3ccccc3)[C@@H]2OCc2ccccc2)cc1. The van der Waals surface area contributed by atoms with Gasteiger partial charge in [0.25, 0.3) is 0 Å². The molecule has 6 rings (SSSR count). The first-order chi connectivity index (χ1) is 21.8. The molecule has 0 aliphatic carbocycles. The molecule has 2 heterocycles. The summed E-state index contributed by atoms with van der Waals surface area (Å²) in [7, 11) is 0. The fraction of sp³-hybridized carbons (Fsp3) is 0.263.